The van der Waals surface area contributed by atoms with E-state index in [4.69, 9.17) is 11.6 Å². The number of sulfonamides is 1. The van der Waals surface area contributed by atoms with Crippen LogP contribution in [0.5, 0.6) is 0 Å². The average Bonchev–Trinajstić information content (AvgIpc) is 2.15. The van der Waals surface area contributed by atoms with Crippen LogP contribution in [0.1, 0.15) is 11.5 Å². The van der Waals surface area contributed by atoms with E-state index in [0.717, 1.165) is 0 Å². The smallest absolute Gasteiger partial charge is 0.213 e. The SMILES string of the molecule is Cc1nccc(CNS(=O)(=O)CCCl)n1. The number of nitrogens with one attached hydrogen (secondary N) is 1. The van der Waals surface area contributed by atoms with Crippen LogP contribution in [0, 0.1) is 6.92 Å². The van der Waals surface area contributed by atoms with Crippen LogP contribution in [0.4, 0.5) is 0 Å². The van der Waals surface area contributed by atoms with Crippen LogP contribution >= 0.6 is 11.6 Å². The van der Waals surface area contributed by atoms with Crippen molar-refractivity contribution in [3.05, 3.63) is 23.8 Å². The first-order valence-corrected chi connectivity index (χ1v) is 6.54. The van der Waals surface area contributed by atoms with E-state index in [9.17, 15) is 8.42 Å². The van der Waals surface area contributed by atoms with Crippen LogP contribution in [0.25, 0.3) is 0 Å². The molecule has 0 amide bonds. The average molecular weight is 250 g/mol. The summed E-state index contributed by atoms with van der Waals surface area (Å²) in [5.74, 6) is 0.612. The first-order valence-electron chi connectivity index (χ1n) is 4.35. The van der Waals surface area contributed by atoms with Gasteiger partial charge in [-0.05, 0) is 13.0 Å². The van der Waals surface area contributed by atoms with Gasteiger partial charge in [0.2, 0.25) is 10.0 Å². The summed E-state index contributed by atoms with van der Waals surface area (Å²) in [6, 6.07) is 1.66. The Bertz CT molecular complexity index is 422. The maximum atomic E-state index is 11.2. The zero-order valence-electron chi connectivity index (χ0n) is 8.27. The summed E-state index contributed by atoms with van der Waals surface area (Å²) in [4.78, 5) is 7.98. The number of hydrogen-bond acceptors (Lipinski definition) is 4. The van der Waals surface area contributed by atoms with E-state index < -0.39 is 10.0 Å². The molecule has 0 bridgehead atoms. The molecule has 0 radical (unpaired) electrons. The summed E-state index contributed by atoms with van der Waals surface area (Å²) in [5, 5.41) is 0. The van der Waals surface area contributed by atoms with Crippen molar-refractivity contribution in [2.24, 2.45) is 0 Å². The predicted molar refractivity (Wildman–Crippen MR) is 58.1 cm³/mol. The Hall–Kier alpha value is -0.720. The third-order valence-corrected chi connectivity index (χ3v) is 3.39. The highest BCUT2D eigenvalue weighted by atomic mass is 35.5. The Balaban J connectivity index is 2.58. The molecule has 84 valence electrons. The maximum Gasteiger partial charge on any atom is 0.213 e. The maximum absolute atomic E-state index is 11.2. The quantitative estimate of drug-likeness (QED) is 0.769. The molecule has 0 saturated heterocycles. The molecule has 1 aromatic rings. The lowest BCUT2D eigenvalue weighted by Gasteiger charge is -2.04. The molecular weight excluding hydrogens is 238 g/mol. The lowest BCUT2D eigenvalue weighted by Crippen LogP contribution is -2.27. The summed E-state index contributed by atoms with van der Waals surface area (Å²) in [5.41, 5.74) is 0.639. The monoisotopic (exact) mass is 249 g/mol. The molecule has 1 N–H and O–H groups in total. The van der Waals surface area contributed by atoms with E-state index >= 15 is 0 Å². The van der Waals surface area contributed by atoms with Crippen molar-refractivity contribution in [1.82, 2.24) is 14.7 Å². The highest BCUT2D eigenvalue weighted by molar-refractivity contribution is 7.89. The number of rotatable bonds is 5. The van der Waals surface area contributed by atoms with Gasteiger partial charge in [0.05, 0.1) is 18.0 Å². The lowest BCUT2D eigenvalue weighted by molar-refractivity contribution is 0.581. The van der Waals surface area contributed by atoms with Crippen molar-refractivity contribution in [3.8, 4) is 0 Å². The normalized spacial score (nSPS) is 11.6. The van der Waals surface area contributed by atoms with Crippen LogP contribution in [-0.2, 0) is 16.6 Å². The van der Waals surface area contributed by atoms with Gasteiger partial charge in [-0.3, -0.25) is 0 Å². The van der Waals surface area contributed by atoms with Crippen molar-refractivity contribution >= 4 is 21.6 Å². The second-order valence-corrected chi connectivity index (χ2v) is 5.23. The highest BCUT2D eigenvalue weighted by Gasteiger charge is 2.08. The van der Waals surface area contributed by atoms with Gasteiger partial charge in [-0.15, -0.1) is 11.6 Å². The summed E-state index contributed by atoms with van der Waals surface area (Å²) >= 11 is 5.35. The summed E-state index contributed by atoms with van der Waals surface area (Å²) in [6.07, 6.45) is 1.59. The lowest BCUT2D eigenvalue weighted by atomic mass is 10.4. The van der Waals surface area contributed by atoms with E-state index in [2.05, 4.69) is 14.7 Å². The number of aromatic nitrogens is 2. The standard InChI is InChI=1S/C8H12ClN3O2S/c1-7-10-4-2-8(12-7)6-11-15(13,14)5-3-9/h2,4,11H,3,5-6H2,1H3. The van der Waals surface area contributed by atoms with Gasteiger partial charge in [0, 0.05) is 12.1 Å². The predicted octanol–water partition coefficient (Wildman–Crippen LogP) is 0.443. The number of nitrogens with zero attached hydrogens (tertiary/aromatic N) is 2. The largest absolute Gasteiger partial charge is 0.242 e. The van der Waals surface area contributed by atoms with Gasteiger partial charge in [0.15, 0.2) is 0 Å². The second-order valence-electron chi connectivity index (χ2n) is 2.92. The Labute approximate surface area is 93.9 Å². The topological polar surface area (TPSA) is 72.0 Å². The number of alkyl halides is 1. The van der Waals surface area contributed by atoms with Crippen LogP contribution in [0.15, 0.2) is 12.3 Å². The van der Waals surface area contributed by atoms with Crippen molar-refractivity contribution in [1.29, 1.82) is 0 Å². The van der Waals surface area contributed by atoms with Crippen LogP contribution in [-0.4, -0.2) is 30.0 Å². The summed E-state index contributed by atoms with van der Waals surface area (Å²) in [6.45, 7) is 1.92. The van der Waals surface area contributed by atoms with Crippen LogP contribution < -0.4 is 4.72 Å². The molecule has 0 aliphatic rings. The van der Waals surface area contributed by atoms with E-state index in [0.29, 0.717) is 11.5 Å². The molecule has 15 heavy (non-hydrogen) atoms. The Kier molecular flexibility index (Phi) is 4.44. The zero-order chi connectivity index (χ0) is 11.3. The number of hydrogen-bond donors (Lipinski definition) is 1. The molecule has 0 unspecified atom stereocenters. The molecule has 0 aliphatic carbocycles. The molecule has 5 nitrogen and oxygen atoms in total. The molecular formula is C8H12ClN3O2S. The van der Waals surface area contributed by atoms with E-state index in [-0.39, 0.29) is 18.2 Å². The highest BCUT2D eigenvalue weighted by Crippen LogP contribution is 1.96. The number of aryl methyl sites for hydroxylation is 1. The molecule has 0 saturated carbocycles. The van der Waals surface area contributed by atoms with Gasteiger partial charge >= 0.3 is 0 Å². The van der Waals surface area contributed by atoms with Crippen molar-refractivity contribution < 1.29 is 8.42 Å². The molecule has 0 atom stereocenters. The molecule has 1 aromatic heterocycles. The molecule has 0 aromatic carbocycles. The van der Waals surface area contributed by atoms with Gasteiger partial charge in [0.25, 0.3) is 0 Å². The molecule has 1 rings (SSSR count). The zero-order valence-corrected chi connectivity index (χ0v) is 9.85. The third-order valence-electron chi connectivity index (χ3n) is 1.65. The molecule has 0 fully saturated rings. The van der Waals surface area contributed by atoms with E-state index in [1.807, 2.05) is 0 Å². The molecule has 0 aliphatic heterocycles. The first-order chi connectivity index (χ1) is 7.03. The minimum atomic E-state index is -3.29. The van der Waals surface area contributed by atoms with Crippen molar-refractivity contribution in [2.75, 3.05) is 11.6 Å². The van der Waals surface area contributed by atoms with Gasteiger partial charge in [0.1, 0.15) is 5.82 Å². The van der Waals surface area contributed by atoms with Gasteiger partial charge in [-0.25, -0.2) is 23.1 Å². The minimum absolute atomic E-state index is 0.0815. The van der Waals surface area contributed by atoms with Crippen LogP contribution in [0.3, 0.4) is 0 Å². The molecule has 7 heteroatoms. The fourth-order valence-corrected chi connectivity index (χ4v) is 2.29. The Morgan fingerprint density at radius 3 is 2.87 bits per heavy atom. The Morgan fingerprint density at radius 1 is 1.53 bits per heavy atom. The third kappa shape index (κ3) is 4.55. The van der Waals surface area contributed by atoms with Gasteiger partial charge in [-0.1, -0.05) is 0 Å². The molecule has 0 spiro atoms. The van der Waals surface area contributed by atoms with Gasteiger partial charge < -0.3 is 0 Å². The first kappa shape index (κ1) is 12.4. The van der Waals surface area contributed by atoms with E-state index in [1.54, 1.807) is 19.2 Å². The summed E-state index contributed by atoms with van der Waals surface area (Å²) in [7, 11) is -3.29. The Morgan fingerprint density at radius 2 is 2.27 bits per heavy atom. The molecule has 1 heterocycles. The fraction of sp³-hybridized carbons (Fsp3) is 0.500. The van der Waals surface area contributed by atoms with Crippen molar-refractivity contribution in [2.45, 2.75) is 13.5 Å². The summed E-state index contributed by atoms with van der Waals surface area (Å²) < 4.78 is 24.9. The second kappa shape index (κ2) is 5.39. The fourth-order valence-electron chi connectivity index (χ4n) is 0.961. The number of halogens is 1. The van der Waals surface area contributed by atoms with E-state index in [1.165, 1.54) is 0 Å². The van der Waals surface area contributed by atoms with Gasteiger partial charge in [-0.2, -0.15) is 0 Å². The minimum Gasteiger partial charge on any atom is -0.242 e. The van der Waals surface area contributed by atoms with Crippen LogP contribution in [0.2, 0.25) is 0 Å². The van der Waals surface area contributed by atoms with Crippen molar-refractivity contribution in [3.63, 3.8) is 0 Å².